The molecule has 0 fully saturated rings. The van der Waals surface area contributed by atoms with Gasteiger partial charge in [0.1, 0.15) is 0 Å². The van der Waals surface area contributed by atoms with E-state index in [4.69, 9.17) is 5.11 Å². The summed E-state index contributed by atoms with van der Waals surface area (Å²) in [5.74, 6) is 0. The summed E-state index contributed by atoms with van der Waals surface area (Å²) >= 11 is 0. The Morgan fingerprint density at radius 3 is 2.06 bits per heavy atom. The van der Waals surface area contributed by atoms with Crippen molar-refractivity contribution in [3.05, 3.63) is 0 Å². The molecule has 0 aromatic carbocycles. The molecule has 0 spiro atoms. The second-order valence-electron chi connectivity index (χ2n) is 4.18. The second kappa shape index (κ2) is 12.5. The second-order valence-corrected chi connectivity index (χ2v) is 5.84. The van der Waals surface area contributed by atoms with Crippen molar-refractivity contribution in [2.24, 2.45) is 0 Å². The van der Waals surface area contributed by atoms with Crippen molar-refractivity contribution in [1.29, 1.82) is 0 Å². The van der Waals surface area contributed by atoms with Gasteiger partial charge in [0.15, 0.2) is 0 Å². The Morgan fingerprint density at radius 2 is 1.59 bits per heavy atom. The van der Waals surface area contributed by atoms with Crippen LogP contribution in [0.15, 0.2) is 0 Å². The minimum atomic E-state index is -4.19. The molecule has 1 atom stereocenters. The molecule has 0 amide bonds. The standard InChI is InChI=1S/C11H24O4S.K/c1-2-3-4-5-6-8-11(9-7-10-12)16(13,14)15;/h11-12H,2-10H2,1H3,(H,13,14,15);/q;+1/p-1. The molecule has 0 radical (unpaired) electrons. The SMILES string of the molecule is CCCCCCCC(CCCO)S(=O)(=O)[O-].[K+]. The summed E-state index contributed by atoms with van der Waals surface area (Å²) in [6.45, 7) is 2.06. The van der Waals surface area contributed by atoms with Crippen LogP contribution in [0.2, 0.25) is 0 Å². The summed E-state index contributed by atoms with van der Waals surface area (Å²) in [5.41, 5.74) is 0. The van der Waals surface area contributed by atoms with Crippen molar-refractivity contribution in [3.63, 3.8) is 0 Å². The fraction of sp³-hybridized carbons (Fsp3) is 1.00. The van der Waals surface area contributed by atoms with E-state index in [0.29, 0.717) is 12.8 Å². The molecular weight excluding hydrogens is 267 g/mol. The molecule has 0 saturated carbocycles. The molecule has 98 valence electrons. The molecule has 6 heteroatoms. The number of unbranched alkanes of at least 4 members (excludes halogenated alkanes) is 4. The van der Waals surface area contributed by atoms with Crippen molar-refractivity contribution in [3.8, 4) is 0 Å². The molecule has 0 aliphatic heterocycles. The monoisotopic (exact) mass is 290 g/mol. The summed E-state index contributed by atoms with van der Waals surface area (Å²) < 4.78 is 32.8. The molecule has 0 bridgehead atoms. The number of aliphatic hydroxyl groups is 1. The Labute approximate surface area is 148 Å². The fourth-order valence-corrected chi connectivity index (χ4v) is 2.64. The van der Waals surface area contributed by atoms with Gasteiger partial charge < -0.3 is 9.66 Å². The quantitative estimate of drug-likeness (QED) is 0.319. The summed E-state index contributed by atoms with van der Waals surface area (Å²) in [6, 6.07) is 0. The fourth-order valence-electron chi connectivity index (χ4n) is 1.73. The Morgan fingerprint density at radius 1 is 1.06 bits per heavy atom. The van der Waals surface area contributed by atoms with Gasteiger partial charge in [0, 0.05) is 11.9 Å². The van der Waals surface area contributed by atoms with E-state index in [1.54, 1.807) is 0 Å². The molecule has 0 aliphatic rings. The predicted molar refractivity (Wildman–Crippen MR) is 63.2 cm³/mol. The normalized spacial score (nSPS) is 13.1. The van der Waals surface area contributed by atoms with Gasteiger partial charge in [0.05, 0.1) is 10.1 Å². The van der Waals surface area contributed by atoms with Crippen LogP contribution in [0.1, 0.15) is 58.3 Å². The van der Waals surface area contributed by atoms with Gasteiger partial charge in [-0.15, -0.1) is 0 Å². The number of rotatable bonds is 10. The van der Waals surface area contributed by atoms with Crippen LogP contribution in [-0.4, -0.2) is 29.9 Å². The van der Waals surface area contributed by atoms with Crippen LogP contribution < -0.4 is 51.4 Å². The number of hydrogen-bond acceptors (Lipinski definition) is 4. The van der Waals surface area contributed by atoms with Crippen molar-refractivity contribution >= 4 is 10.1 Å². The van der Waals surface area contributed by atoms with E-state index in [1.807, 2.05) is 0 Å². The van der Waals surface area contributed by atoms with Crippen LogP contribution in [0.5, 0.6) is 0 Å². The maximum Gasteiger partial charge on any atom is 1.00 e. The molecule has 4 nitrogen and oxygen atoms in total. The van der Waals surface area contributed by atoms with Gasteiger partial charge in [0.2, 0.25) is 0 Å². The zero-order valence-electron chi connectivity index (χ0n) is 11.0. The van der Waals surface area contributed by atoms with E-state index in [0.717, 1.165) is 32.1 Å². The molecule has 0 aromatic heterocycles. The molecule has 0 rings (SSSR count). The third-order valence-electron chi connectivity index (χ3n) is 2.72. The van der Waals surface area contributed by atoms with Crippen molar-refractivity contribution in [2.75, 3.05) is 6.61 Å². The van der Waals surface area contributed by atoms with Crippen molar-refractivity contribution in [2.45, 2.75) is 63.5 Å². The van der Waals surface area contributed by atoms with E-state index >= 15 is 0 Å². The molecule has 0 heterocycles. The number of hydrogen-bond donors (Lipinski definition) is 1. The van der Waals surface area contributed by atoms with E-state index in [9.17, 15) is 13.0 Å². The van der Waals surface area contributed by atoms with E-state index in [2.05, 4.69) is 6.92 Å². The van der Waals surface area contributed by atoms with Crippen molar-refractivity contribution in [1.82, 2.24) is 0 Å². The Balaban J connectivity index is 0. The van der Waals surface area contributed by atoms with Gasteiger partial charge in [-0.2, -0.15) is 0 Å². The predicted octanol–water partition coefficient (Wildman–Crippen LogP) is -0.963. The molecule has 0 aromatic rings. The molecule has 1 unspecified atom stereocenters. The first-order valence-corrected chi connectivity index (χ1v) is 7.55. The summed E-state index contributed by atoms with van der Waals surface area (Å²) in [7, 11) is -4.19. The topological polar surface area (TPSA) is 77.4 Å². The van der Waals surface area contributed by atoms with Crippen LogP contribution in [0.4, 0.5) is 0 Å². The summed E-state index contributed by atoms with van der Waals surface area (Å²) in [4.78, 5) is 0. The van der Waals surface area contributed by atoms with E-state index < -0.39 is 15.4 Å². The summed E-state index contributed by atoms with van der Waals surface area (Å²) in [6.07, 6.45) is 6.30. The minimum absolute atomic E-state index is 0. The smallest absolute Gasteiger partial charge is 0.748 e. The Bertz CT molecular complexity index is 254. The van der Waals surface area contributed by atoms with E-state index in [-0.39, 0.29) is 64.4 Å². The van der Waals surface area contributed by atoms with Crippen LogP contribution in [0.25, 0.3) is 0 Å². The molecular formula is C11H23KO4S. The van der Waals surface area contributed by atoms with Gasteiger partial charge in [-0.3, -0.25) is 0 Å². The van der Waals surface area contributed by atoms with Crippen LogP contribution in [0, 0.1) is 0 Å². The zero-order valence-corrected chi connectivity index (χ0v) is 15.0. The van der Waals surface area contributed by atoms with Gasteiger partial charge in [-0.25, -0.2) is 8.42 Å². The first-order valence-electron chi connectivity index (χ1n) is 6.08. The minimum Gasteiger partial charge on any atom is -0.748 e. The summed E-state index contributed by atoms with van der Waals surface area (Å²) in [5, 5.41) is 7.82. The first kappa shape index (κ1) is 20.8. The van der Waals surface area contributed by atoms with Gasteiger partial charge in [0.25, 0.3) is 0 Å². The van der Waals surface area contributed by atoms with E-state index in [1.165, 1.54) is 0 Å². The van der Waals surface area contributed by atoms with Gasteiger partial charge >= 0.3 is 51.4 Å². The molecule has 0 aliphatic carbocycles. The first-order chi connectivity index (χ1) is 7.52. The molecule has 0 saturated heterocycles. The Kier molecular flexibility index (Phi) is 15.3. The number of aliphatic hydroxyl groups excluding tert-OH is 1. The average molecular weight is 290 g/mol. The van der Waals surface area contributed by atoms with Crippen LogP contribution in [0.3, 0.4) is 0 Å². The van der Waals surface area contributed by atoms with Gasteiger partial charge in [-0.05, 0) is 19.3 Å². The molecule has 1 N–H and O–H groups in total. The maximum absolute atomic E-state index is 10.9. The third kappa shape index (κ3) is 12.3. The average Bonchev–Trinajstić information content (AvgIpc) is 2.20. The third-order valence-corrected chi connectivity index (χ3v) is 4.01. The molecule has 17 heavy (non-hydrogen) atoms. The van der Waals surface area contributed by atoms with Crippen LogP contribution >= 0.6 is 0 Å². The maximum atomic E-state index is 10.9. The van der Waals surface area contributed by atoms with Crippen LogP contribution in [-0.2, 0) is 10.1 Å². The Hall–Kier alpha value is 1.51. The van der Waals surface area contributed by atoms with Crippen molar-refractivity contribution < 1.29 is 69.5 Å². The largest absolute Gasteiger partial charge is 1.00 e. The zero-order chi connectivity index (χ0) is 12.4. The van der Waals surface area contributed by atoms with Gasteiger partial charge in [-0.1, -0.05) is 39.0 Å².